The summed E-state index contributed by atoms with van der Waals surface area (Å²) in [7, 11) is 0. The van der Waals surface area contributed by atoms with Crippen LogP contribution in [0.3, 0.4) is 0 Å². The number of guanidine groups is 1. The zero-order valence-corrected chi connectivity index (χ0v) is 14.6. The number of nitrogens with zero attached hydrogens (tertiary/aromatic N) is 2. The summed E-state index contributed by atoms with van der Waals surface area (Å²) >= 11 is 1.77. The number of benzene rings is 1. The van der Waals surface area contributed by atoms with Crippen molar-refractivity contribution in [2.45, 2.75) is 11.8 Å². The van der Waals surface area contributed by atoms with Gasteiger partial charge in [0.1, 0.15) is 0 Å². The highest BCUT2D eigenvalue weighted by molar-refractivity contribution is 7.99. The molecule has 2 rings (SSSR count). The van der Waals surface area contributed by atoms with E-state index in [1.807, 2.05) is 25.1 Å². The van der Waals surface area contributed by atoms with Gasteiger partial charge < -0.3 is 16.0 Å². The highest BCUT2D eigenvalue weighted by Gasteiger charge is 2.27. The minimum Gasteiger partial charge on any atom is -0.357 e. The number of rotatable bonds is 8. The van der Waals surface area contributed by atoms with E-state index in [-0.39, 0.29) is 18.5 Å². The van der Waals surface area contributed by atoms with Crippen LogP contribution in [-0.4, -0.2) is 61.3 Å². The number of hydrogen-bond donors (Lipinski definition) is 3. The summed E-state index contributed by atoms with van der Waals surface area (Å²) in [6.45, 7) is 4.26. The third-order valence-electron chi connectivity index (χ3n) is 3.28. The van der Waals surface area contributed by atoms with Gasteiger partial charge in [-0.25, -0.2) is 4.79 Å². The third-order valence-corrected chi connectivity index (χ3v) is 4.29. The lowest BCUT2D eigenvalue weighted by atomic mass is 10.4. The highest BCUT2D eigenvalue weighted by Crippen LogP contribution is 2.15. The van der Waals surface area contributed by atoms with Crippen molar-refractivity contribution in [1.82, 2.24) is 20.9 Å². The topological polar surface area (TPSA) is 85.8 Å². The van der Waals surface area contributed by atoms with E-state index in [9.17, 15) is 9.59 Å². The van der Waals surface area contributed by atoms with Crippen LogP contribution in [-0.2, 0) is 4.79 Å². The fourth-order valence-electron chi connectivity index (χ4n) is 2.14. The van der Waals surface area contributed by atoms with Crippen LogP contribution in [0.15, 0.2) is 40.2 Å². The van der Waals surface area contributed by atoms with Crippen LogP contribution < -0.4 is 16.0 Å². The molecule has 0 atom stereocenters. The Kier molecular flexibility index (Phi) is 7.41. The molecule has 1 aliphatic rings. The van der Waals surface area contributed by atoms with Gasteiger partial charge in [0, 0.05) is 23.7 Å². The molecule has 3 N–H and O–H groups in total. The summed E-state index contributed by atoms with van der Waals surface area (Å²) in [6.07, 6.45) is 0. The molecule has 0 radical (unpaired) electrons. The Morgan fingerprint density at radius 3 is 2.75 bits per heavy atom. The lowest BCUT2D eigenvalue weighted by molar-refractivity contribution is -0.124. The average molecular weight is 349 g/mol. The lowest BCUT2D eigenvalue weighted by Crippen LogP contribution is -2.39. The van der Waals surface area contributed by atoms with Crippen LogP contribution in [0.1, 0.15) is 6.92 Å². The minimum atomic E-state index is -0.340. The molecule has 1 aromatic carbocycles. The molecule has 0 spiro atoms. The number of urea groups is 1. The zero-order chi connectivity index (χ0) is 17.2. The van der Waals surface area contributed by atoms with E-state index in [4.69, 9.17) is 0 Å². The summed E-state index contributed by atoms with van der Waals surface area (Å²) < 4.78 is 0. The van der Waals surface area contributed by atoms with E-state index in [1.54, 1.807) is 11.8 Å². The maximum absolute atomic E-state index is 11.5. The van der Waals surface area contributed by atoms with Crippen molar-refractivity contribution in [2.75, 3.05) is 38.5 Å². The van der Waals surface area contributed by atoms with Crippen molar-refractivity contribution in [1.29, 1.82) is 0 Å². The van der Waals surface area contributed by atoms with Crippen molar-refractivity contribution >= 4 is 29.7 Å². The minimum absolute atomic E-state index is 0.0809. The third kappa shape index (κ3) is 5.77. The van der Waals surface area contributed by atoms with Crippen LogP contribution >= 0.6 is 11.8 Å². The first-order chi connectivity index (χ1) is 11.7. The number of carbonyl (C=O) groups excluding carboxylic acids is 2. The van der Waals surface area contributed by atoms with Crippen LogP contribution in [0.5, 0.6) is 0 Å². The van der Waals surface area contributed by atoms with Crippen molar-refractivity contribution in [3.63, 3.8) is 0 Å². The van der Waals surface area contributed by atoms with Crippen LogP contribution in [0.4, 0.5) is 4.79 Å². The summed E-state index contributed by atoms with van der Waals surface area (Å²) in [5.74, 6) is 1.41. The molecule has 1 aliphatic heterocycles. The number of thioether (sulfide) groups is 1. The molecule has 3 amide bonds. The lowest BCUT2D eigenvalue weighted by Gasteiger charge is -2.13. The molecular weight excluding hydrogens is 326 g/mol. The van der Waals surface area contributed by atoms with E-state index in [0.29, 0.717) is 19.0 Å². The Bertz CT molecular complexity index is 563. The Morgan fingerprint density at radius 1 is 1.29 bits per heavy atom. The number of imide groups is 1. The second-order valence-electron chi connectivity index (χ2n) is 5.05. The predicted octanol–water partition coefficient (Wildman–Crippen LogP) is 0.886. The van der Waals surface area contributed by atoms with Crippen molar-refractivity contribution in [2.24, 2.45) is 4.99 Å². The van der Waals surface area contributed by atoms with Crippen molar-refractivity contribution in [3.8, 4) is 0 Å². The molecular formula is C16H23N5O2S. The molecule has 1 heterocycles. The quantitative estimate of drug-likeness (QED) is 0.213. The van der Waals surface area contributed by atoms with Crippen molar-refractivity contribution in [3.05, 3.63) is 30.3 Å². The standard InChI is InChI=1S/C16H23N5O2S/c1-2-17-15(18-8-10-21-14(22)12-20-16(21)23)19-9-11-24-13-6-4-3-5-7-13/h3-7H,2,8-12H2,1H3,(H,20,23)(H2,17,18,19). The van der Waals surface area contributed by atoms with E-state index >= 15 is 0 Å². The molecule has 8 heteroatoms. The molecule has 1 saturated heterocycles. The first-order valence-electron chi connectivity index (χ1n) is 7.99. The van der Waals surface area contributed by atoms with Crippen molar-refractivity contribution < 1.29 is 9.59 Å². The molecule has 130 valence electrons. The summed E-state index contributed by atoms with van der Waals surface area (Å²) in [5, 5.41) is 8.90. The van der Waals surface area contributed by atoms with Gasteiger partial charge in [0.05, 0.1) is 19.6 Å². The van der Waals surface area contributed by atoms with Gasteiger partial charge in [-0.1, -0.05) is 18.2 Å². The van der Waals surface area contributed by atoms with Crippen LogP contribution in [0, 0.1) is 0 Å². The van der Waals surface area contributed by atoms with Gasteiger partial charge in [0.2, 0.25) is 5.91 Å². The monoisotopic (exact) mass is 349 g/mol. The SMILES string of the molecule is CCNC(=NCCN1C(=O)CNC1=O)NCCSc1ccccc1. The second kappa shape index (κ2) is 9.82. The van der Waals surface area contributed by atoms with Gasteiger partial charge in [-0.3, -0.25) is 14.7 Å². The van der Waals surface area contributed by atoms with E-state index in [0.717, 1.165) is 18.8 Å². The van der Waals surface area contributed by atoms with Gasteiger partial charge in [-0.05, 0) is 19.1 Å². The first-order valence-corrected chi connectivity index (χ1v) is 8.97. The predicted molar refractivity (Wildman–Crippen MR) is 96.3 cm³/mol. The number of amides is 3. The van der Waals surface area contributed by atoms with Gasteiger partial charge in [-0.15, -0.1) is 11.8 Å². The fraction of sp³-hybridized carbons (Fsp3) is 0.438. The highest BCUT2D eigenvalue weighted by atomic mass is 32.2. The van der Waals surface area contributed by atoms with Gasteiger partial charge in [-0.2, -0.15) is 0 Å². The van der Waals surface area contributed by atoms with E-state index in [2.05, 4.69) is 33.1 Å². The van der Waals surface area contributed by atoms with Crippen LogP contribution in [0.2, 0.25) is 0 Å². The molecule has 0 unspecified atom stereocenters. The normalized spacial score (nSPS) is 14.7. The molecule has 7 nitrogen and oxygen atoms in total. The molecule has 24 heavy (non-hydrogen) atoms. The summed E-state index contributed by atoms with van der Waals surface area (Å²) in [5.41, 5.74) is 0. The van der Waals surface area contributed by atoms with E-state index < -0.39 is 0 Å². The van der Waals surface area contributed by atoms with Gasteiger partial charge >= 0.3 is 6.03 Å². The Labute approximate surface area is 146 Å². The smallest absolute Gasteiger partial charge is 0.324 e. The number of carbonyl (C=O) groups is 2. The van der Waals surface area contributed by atoms with Gasteiger partial charge in [0.15, 0.2) is 5.96 Å². The number of nitrogens with one attached hydrogen (secondary N) is 3. The maximum atomic E-state index is 11.5. The summed E-state index contributed by atoms with van der Waals surface area (Å²) in [6, 6.07) is 9.88. The fourth-order valence-corrected chi connectivity index (χ4v) is 2.93. The maximum Gasteiger partial charge on any atom is 0.324 e. The molecule has 1 fully saturated rings. The largest absolute Gasteiger partial charge is 0.357 e. The molecule has 0 aliphatic carbocycles. The molecule has 0 bridgehead atoms. The summed E-state index contributed by atoms with van der Waals surface area (Å²) in [4.78, 5) is 29.8. The van der Waals surface area contributed by atoms with Crippen LogP contribution in [0.25, 0.3) is 0 Å². The number of aliphatic imine (C=N–C) groups is 1. The second-order valence-corrected chi connectivity index (χ2v) is 6.22. The Balaban J connectivity index is 1.72. The molecule has 1 aromatic rings. The molecule has 0 aromatic heterocycles. The Hall–Kier alpha value is -2.22. The number of hydrogen-bond acceptors (Lipinski definition) is 4. The average Bonchev–Trinajstić information content (AvgIpc) is 2.91. The Morgan fingerprint density at radius 2 is 2.08 bits per heavy atom. The molecule has 0 saturated carbocycles. The van der Waals surface area contributed by atoms with E-state index in [1.165, 1.54) is 9.80 Å². The van der Waals surface area contributed by atoms with Gasteiger partial charge in [0.25, 0.3) is 0 Å². The zero-order valence-electron chi connectivity index (χ0n) is 13.7. The first kappa shape index (κ1) is 18.1.